The van der Waals surface area contributed by atoms with E-state index in [1.807, 2.05) is 18.2 Å². The highest BCUT2D eigenvalue weighted by molar-refractivity contribution is 6.09. The highest BCUT2D eigenvalue weighted by atomic mass is 16.3. The van der Waals surface area contributed by atoms with Gasteiger partial charge < -0.3 is 9.52 Å². The topological polar surface area (TPSA) is 50.4 Å². The number of benzene rings is 3. The van der Waals surface area contributed by atoms with Gasteiger partial charge in [0.05, 0.1) is 10.8 Å². The maximum absolute atomic E-state index is 12.7. The minimum atomic E-state index is -0.0712. The number of hydrogen-bond acceptors (Lipinski definition) is 3. The molecule has 1 N–H and O–H groups in total. The monoisotopic (exact) mass is 262 g/mol. The Morgan fingerprint density at radius 2 is 1.55 bits per heavy atom. The van der Waals surface area contributed by atoms with Gasteiger partial charge in [0, 0.05) is 10.8 Å². The van der Waals surface area contributed by atoms with Crippen LogP contribution in [-0.4, -0.2) is 5.11 Å². The van der Waals surface area contributed by atoms with Gasteiger partial charge in [-0.15, -0.1) is 0 Å². The molecule has 0 saturated heterocycles. The summed E-state index contributed by atoms with van der Waals surface area (Å²) in [6.07, 6.45) is 0. The summed E-state index contributed by atoms with van der Waals surface area (Å²) >= 11 is 0. The molecule has 1 heterocycles. The van der Waals surface area contributed by atoms with E-state index in [9.17, 15) is 9.90 Å². The quantitative estimate of drug-likeness (QED) is 0.387. The van der Waals surface area contributed by atoms with Crippen LogP contribution >= 0.6 is 0 Å². The third kappa shape index (κ3) is 1.37. The van der Waals surface area contributed by atoms with Crippen molar-refractivity contribution in [1.82, 2.24) is 0 Å². The van der Waals surface area contributed by atoms with E-state index in [2.05, 4.69) is 0 Å². The standard InChI is InChI=1S/C17H10O3/c18-13-6-3-5-11-10(13)8-9-15-16(11)17(19)12-4-1-2-7-14(12)20-15/h1-9,18H. The lowest BCUT2D eigenvalue weighted by Crippen LogP contribution is -2.02. The fourth-order valence-electron chi connectivity index (χ4n) is 2.64. The lowest BCUT2D eigenvalue weighted by Gasteiger charge is -2.05. The Bertz CT molecular complexity index is 1030. The van der Waals surface area contributed by atoms with Crippen LogP contribution in [0.15, 0.2) is 63.8 Å². The fraction of sp³-hybridized carbons (Fsp3) is 0. The van der Waals surface area contributed by atoms with Crippen molar-refractivity contribution in [3.05, 3.63) is 64.8 Å². The minimum Gasteiger partial charge on any atom is -0.507 e. The first kappa shape index (κ1) is 11.1. The van der Waals surface area contributed by atoms with Gasteiger partial charge in [-0.3, -0.25) is 4.79 Å². The van der Waals surface area contributed by atoms with Gasteiger partial charge in [0.15, 0.2) is 0 Å². The third-order valence-electron chi connectivity index (χ3n) is 3.58. The summed E-state index contributed by atoms with van der Waals surface area (Å²) in [7, 11) is 0. The SMILES string of the molecule is O=c1c2ccccc2oc2ccc3c(O)cccc3c12. The second-order valence-electron chi connectivity index (χ2n) is 4.74. The molecule has 4 rings (SSSR count). The van der Waals surface area contributed by atoms with Crippen LogP contribution in [0.3, 0.4) is 0 Å². The van der Waals surface area contributed by atoms with Crippen LogP contribution in [0.25, 0.3) is 32.7 Å². The highest BCUT2D eigenvalue weighted by Crippen LogP contribution is 2.30. The van der Waals surface area contributed by atoms with Crippen LogP contribution in [0.5, 0.6) is 5.75 Å². The van der Waals surface area contributed by atoms with Gasteiger partial charge in [-0.05, 0) is 30.3 Å². The first-order chi connectivity index (χ1) is 9.75. The number of phenols is 1. The molecule has 0 radical (unpaired) electrons. The molecule has 1 aromatic heterocycles. The molecule has 3 aromatic carbocycles. The Kier molecular flexibility index (Phi) is 2.12. The smallest absolute Gasteiger partial charge is 0.201 e. The van der Waals surface area contributed by atoms with Gasteiger partial charge in [0.1, 0.15) is 16.9 Å². The Morgan fingerprint density at radius 3 is 2.45 bits per heavy atom. The molecule has 0 saturated carbocycles. The first-order valence-electron chi connectivity index (χ1n) is 6.32. The molecular formula is C17H10O3. The molecule has 96 valence electrons. The number of phenolic OH excluding ortho intramolecular Hbond substituents is 1. The predicted octanol–water partition coefficient (Wildman–Crippen LogP) is 3.81. The van der Waals surface area contributed by atoms with Crippen molar-refractivity contribution in [3.8, 4) is 5.75 Å². The molecular weight excluding hydrogens is 252 g/mol. The zero-order valence-corrected chi connectivity index (χ0v) is 10.5. The molecule has 4 aromatic rings. The first-order valence-corrected chi connectivity index (χ1v) is 6.32. The number of rotatable bonds is 0. The van der Waals surface area contributed by atoms with Crippen LogP contribution < -0.4 is 5.43 Å². The molecule has 20 heavy (non-hydrogen) atoms. The molecule has 0 amide bonds. The van der Waals surface area contributed by atoms with Crippen molar-refractivity contribution in [2.75, 3.05) is 0 Å². The van der Waals surface area contributed by atoms with E-state index in [0.29, 0.717) is 32.7 Å². The summed E-state index contributed by atoms with van der Waals surface area (Å²) in [5, 5.41) is 12.3. The van der Waals surface area contributed by atoms with E-state index in [1.165, 1.54) is 0 Å². The second kappa shape index (κ2) is 3.84. The lowest BCUT2D eigenvalue weighted by atomic mass is 10.0. The van der Waals surface area contributed by atoms with E-state index in [1.54, 1.807) is 36.4 Å². The van der Waals surface area contributed by atoms with E-state index >= 15 is 0 Å². The van der Waals surface area contributed by atoms with E-state index in [0.717, 1.165) is 0 Å². The lowest BCUT2D eigenvalue weighted by molar-refractivity contribution is 0.481. The Hall–Kier alpha value is -2.81. The number of para-hydroxylation sites is 1. The maximum Gasteiger partial charge on any atom is 0.201 e. The average Bonchev–Trinajstić information content (AvgIpc) is 2.47. The zero-order chi connectivity index (χ0) is 13.7. The summed E-state index contributed by atoms with van der Waals surface area (Å²) in [6.45, 7) is 0. The van der Waals surface area contributed by atoms with Gasteiger partial charge >= 0.3 is 0 Å². The van der Waals surface area contributed by atoms with Gasteiger partial charge in [-0.25, -0.2) is 0 Å². The molecule has 0 aliphatic carbocycles. The van der Waals surface area contributed by atoms with Gasteiger partial charge in [0.2, 0.25) is 5.43 Å². The molecule has 0 unspecified atom stereocenters. The van der Waals surface area contributed by atoms with E-state index in [-0.39, 0.29) is 11.2 Å². The summed E-state index contributed by atoms with van der Waals surface area (Å²) in [5.74, 6) is 0.164. The van der Waals surface area contributed by atoms with E-state index < -0.39 is 0 Å². The Labute approximate surface area is 113 Å². The minimum absolute atomic E-state index is 0.0712. The summed E-state index contributed by atoms with van der Waals surface area (Å²) < 4.78 is 5.79. The molecule has 3 heteroatoms. The summed E-state index contributed by atoms with van der Waals surface area (Å²) in [4.78, 5) is 12.7. The van der Waals surface area contributed by atoms with Gasteiger partial charge in [-0.1, -0.05) is 24.3 Å². The van der Waals surface area contributed by atoms with Crippen molar-refractivity contribution in [1.29, 1.82) is 0 Å². The van der Waals surface area contributed by atoms with Crippen molar-refractivity contribution in [2.24, 2.45) is 0 Å². The third-order valence-corrected chi connectivity index (χ3v) is 3.58. The van der Waals surface area contributed by atoms with Crippen LogP contribution in [-0.2, 0) is 0 Å². The van der Waals surface area contributed by atoms with Crippen molar-refractivity contribution in [2.45, 2.75) is 0 Å². The van der Waals surface area contributed by atoms with Gasteiger partial charge in [0.25, 0.3) is 0 Å². The Morgan fingerprint density at radius 1 is 0.750 bits per heavy atom. The highest BCUT2D eigenvalue weighted by Gasteiger charge is 2.11. The molecule has 0 spiro atoms. The molecule has 0 aliphatic heterocycles. The average molecular weight is 262 g/mol. The van der Waals surface area contributed by atoms with Gasteiger partial charge in [-0.2, -0.15) is 0 Å². The van der Waals surface area contributed by atoms with E-state index in [4.69, 9.17) is 4.42 Å². The van der Waals surface area contributed by atoms with Crippen LogP contribution in [0.1, 0.15) is 0 Å². The predicted molar refractivity (Wildman–Crippen MR) is 79.2 cm³/mol. The largest absolute Gasteiger partial charge is 0.507 e. The number of fused-ring (bicyclic) bond motifs is 4. The Balaban J connectivity index is 2.36. The molecule has 0 aliphatic rings. The molecule has 3 nitrogen and oxygen atoms in total. The fourth-order valence-corrected chi connectivity index (χ4v) is 2.64. The van der Waals surface area contributed by atoms with Crippen molar-refractivity contribution >= 4 is 32.7 Å². The normalized spacial score (nSPS) is 11.4. The van der Waals surface area contributed by atoms with Crippen LogP contribution in [0.2, 0.25) is 0 Å². The maximum atomic E-state index is 12.7. The van der Waals surface area contributed by atoms with Crippen LogP contribution in [0.4, 0.5) is 0 Å². The molecule has 0 atom stereocenters. The number of hydrogen-bond donors (Lipinski definition) is 1. The van der Waals surface area contributed by atoms with Crippen LogP contribution in [0, 0.1) is 0 Å². The second-order valence-corrected chi connectivity index (χ2v) is 4.74. The van der Waals surface area contributed by atoms with Crippen molar-refractivity contribution < 1.29 is 9.52 Å². The zero-order valence-electron chi connectivity index (χ0n) is 10.5. The summed E-state index contributed by atoms with van der Waals surface area (Å²) in [5.41, 5.74) is 1.04. The number of aromatic hydroxyl groups is 1. The summed E-state index contributed by atoms with van der Waals surface area (Å²) in [6, 6.07) is 15.8. The molecule has 0 fully saturated rings. The van der Waals surface area contributed by atoms with Crippen molar-refractivity contribution in [3.63, 3.8) is 0 Å². The molecule has 0 bridgehead atoms.